The standard InChI is InChI=1S/C20H18FNO3S3/c21-15-7-4-3-6-14(15)16-10-9-13(27-16)12-17-19(25)22(20(26)28-17)11-5-1-2-8-18(23)24/h3-4,6-7,9-10,12H,1-2,5,8,11H2,(H,23,24). The Hall–Kier alpha value is -2.03. The van der Waals surface area contributed by atoms with Crippen molar-refractivity contribution in [1.29, 1.82) is 0 Å². The van der Waals surface area contributed by atoms with Gasteiger partial charge in [-0.15, -0.1) is 11.3 Å². The molecule has 1 N–H and O–H groups in total. The van der Waals surface area contributed by atoms with Gasteiger partial charge in [-0.3, -0.25) is 14.5 Å². The van der Waals surface area contributed by atoms with Crippen LogP contribution < -0.4 is 0 Å². The summed E-state index contributed by atoms with van der Waals surface area (Å²) in [4.78, 5) is 26.9. The van der Waals surface area contributed by atoms with E-state index in [4.69, 9.17) is 17.3 Å². The molecule has 0 saturated carbocycles. The fourth-order valence-electron chi connectivity index (χ4n) is 2.78. The molecule has 0 aliphatic carbocycles. The molecule has 1 aliphatic heterocycles. The van der Waals surface area contributed by atoms with E-state index in [0.717, 1.165) is 16.2 Å². The van der Waals surface area contributed by atoms with Crippen LogP contribution in [0.2, 0.25) is 0 Å². The number of hydrogen-bond donors (Lipinski definition) is 1. The zero-order chi connectivity index (χ0) is 20.1. The fourth-order valence-corrected chi connectivity index (χ4v) is 5.13. The summed E-state index contributed by atoms with van der Waals surface area (Å²) < 4.78 is 14.5. The fraction of sp³-hybridized carbons (Fsp3) is 0.250. The van der Waals surface area contributed by atoms with E-state index in [-0.39, 0.29) is 18.1 Å². The predicted octanol–water partition coefficient (Wildman–Crippen LogP) is 5.40. The molecule has 2 heterocycles. The van der Waals surface area contributed by atoms with Crippen molar-refractivity contribution in [3.8, 4) is 10.4 Å². The zero-order valence-electron chi connectivity index (χ0n) is 14.9. The van der Waals surface area contributed by atoms with Gasteiger partial charge < -0.3 is 5.11 Å². The molecule has 1 amide bonds. The highest BCUT2D eigenvalue weighted by molar-refractivity contribution is 8.26. The van der Waals surface area contributed by atoms with Gasteiger partial charge in [0.2, 0.25) is 0 Å². The first-order chi connectivity index (χ1) is 13.5. The maximum atomic E-state index is 13.9. The summed E-state index contributed by atoms with van der Waals surface area (Å²) in [5.41, 5.74) is 0.543. The van der Waals surface area contributed by atoms with Crippen molar-refractivity contribution in [1.82, 2.24) is 4.90 Å². The lowest BCUT2D eigenvalue weighted by Gasteiger charge is -2.13. The Morgan fingerprint density at radius 1 is 1.18 bits per heavy atom. The van der Waals surface area contributed by atoms with Crippen LogP contribution in [0.4, 0.5) is 4.39 Å². The minimum absolute atomic E-state index is 0.130. The van der Waals surface area contributed by atoms with Crippen LogP contribution in [-0.4, -0.2) is 32.7 Å². The van der Waals surface area contributed by atoms with E-state index in [1.54, 1.807) is 29.2 Å². The van der Waals surface area contributed by atoms with Gasteiger partial charge in [-0.25, -0.2) is 4.39 Å². The van der Waals surface area contributed by atoms with E-state index in [1.807, 2.05) is 12.1 Å². The Bertz CT molecular complexity index is 938. The van der Waals surface area contributed by atoms with Crippen LogP contribution in [0, 0.1) is 5.82 Å². The number of thiocarbonyl (C=S) groups is 1. The number of unbranched alkanes of at least 4 members (excludes halogenated alkanes) is 2. The van der Waals surface area contributed by atoms with Gasteiger partial charge in [0, 0.05) is 28.3 Å². The van der Waals surface area contributed by atoms with Crippen molar-refractivity contribution in [3.05, 3.63) is 52.0 Å². The number of carbonyl (C=O) groups is 2. The number of thiophene rings is 1. The topological polar surface area (TPSA) is 57.6 Å². The number of carbonyl (C=O) groups excluding carboxylic acids is 1. The highest BCUT2D eigenvalue weighted by Crippen LogP contribution is 2.36. The molecule has 1 fully saturated rings. The first-order valence-corrected chi connectivity index (χ1v) is 10.8. The summed E-state index contributed by atoms with van der Waals surface area (Å²) in [7, 11) is 0. The lowest BCUT2D eigenvalue weighted by molar-refractivity contribution is -0.137. The third kappa shape index (κ3) is 5.06. The van der Waals surface area contributed by atoms with Crippen molar-refractivity contribution in [2.45, 2.75) is 25.7 Å². The maximum absolute atomic E-state index is 13.9. The van der Waals surface area contributed by atoms with Gasteiger partial charge in [-0.05, 0) is 37.1 Å². The second-order valence-electron chi connectivity index (χ2n) is 6.22. The van der Waals surface area contributed by atoms with Crippen LogP contribution in [0.15, 0.2) is 41.3 Å². The lowest BCUT2D eigenvalue weighted by Crippen LogP contribution is -2.29. The number of benzene rings is 1. The molecule has 0 unspecified atom stereocenters. The van der Waals surface area contributed by atoms with Crippen LogP contribution in [0.25, 0.3) is 16.5 Å². The van der Waals surface area contributed by atoms with Crippen molar-refractivity contribution >= 4 is 57.6 Å². The van der Waals surface area contributed by atoms with Crippen LogP contribution in [0.5, 0.6) is 0 Å². The lowest BCUT2D eigenvalue weighted by atomic mass is 10.2. The first-order valence-electron chi connectivity index (χ1n) is 8.77. The molecule has 0 spiro atoms. The highest BCUT2D eigenvalue weighted by atomic mass is 32.2. The van der Waals surface area contributed by atoms with E-state index in [1.165, 1.54) is 29.2 Å². The van der Waals surface area contributed by atoms with E-state index in [2.05, 4.69) is 0 Å². The molecule has 1 saturated heterocycles. The first kappa shape index (κ1) is 20.7. The summed E-state index contributed by atoms with van der Waals surface area (Å²) in [6, 6.07) is 10.3. The average Bonchev–Trinajstić information content (AvgIpc) is 3.21. The third-order valence-corrected chi connectivity index (χ3v) is 6.63. The van der Waals surface area contributed by atoms with E-state index in [0.29, 0.717) is 34.2 Å². The molecule has 4 nitrogen and oxygen atoms in total. The highest BCUT2D eigenvalue weighted by Gasteiger charge is 2.31. The predicted molar refractivity (Wildman–Crippen MR) is 116 cm³/mol. The Morgan fingerprint density at radius 3 is 2.71 bits per heavy atom. The minimum atomic E-state index is -0.806. The number of amides is 1. The Labute approximate surface area is 176 Å². The third-order valence-electron chi connectivity index (χ3n) is 4.19. The summed E-state index contributed by atoms with van der Waals surface area (Å²) in [5, 5.41) is 8.66. The summed E-state index contributed by atoms with van der Waals surface area (Å²) >= 11 is 8.00. The van der Waals surface area contributed by atoms with E-state index >= 15 is 0 Å². The van der Waals surface area contributed by atoms with Gasteiger partial charge in [-0.1, -0.05) is 48.6 Å². The smallest absolute Gasteiger partial charge is 0.303 e. The van der Waals surface area contributed by atoms with E-state index in [9.17, 15) is 14.0 Å². The zero-order valence-corrected chi connectivity index (χ0v) is 17.3. The molecule has 0 atom stereocenters. The molecule has 28 heavy (non-hydrogen) atoms. The second-order valence-corrected chi connectivity index (χ2v) is 9.01. The molecular formula is C20H18FNO3S3. The number of aliphatic carboxylic acids is 1. The van der Waals surface area contributed by atoms with Crippen molar-refractivity contribution in [3.63, 3.8) is 0 Å². The summed E-state index contributed by atoms with van der Waals surface area (Å²) in [5.74, 6) is -1.21. The Balaban J connectivity index is 1.64. The van der Waals surface area contributed by atoms with Crippen molar-refractivity contribution in [2.75, 3.05) is 6.54 Å². The minimum Gasteiger partial charge on any atom is -0.481 e. The molecule has 2 aromatic rings. The van der Waals surface area contributed by atoms with Crippen molar-refractivity contribution in [2.24, 2.45) is 0 Å². The summed E-state index contributed by atoms with van der Waals surface area (Å²) in [6.07, 6.45) is 3.97. The molecule has 1 aromatic carbocycles. The second kappa shape index (κ2) is 9.45. The number of nitrogens with zero attached hydrogens (tertiary/aromatic N) is 1. The Morgan fingerprint density at radius 2 is 1.96 bits per heavy atom. The number of carboxylic acid groups (broad SMARTS) is 1. The molecule has 8 heteroatoms. The monoisotopic (exact) mass is 435 g/mol. The number of carboxylic acids is 1. The van der Waals surface area contributed by atoms with Crippen LogP contribution in [0.3, 0.4) is 0 Å². The number of rotatable bonds is 8. The van der Waals surface area contributed by atoms with E-state index < -0.39 is 5.97 Å². The largest absolute Gasteiger partial charge is 0.481 e. The van der Waals surface area contributed by atoms with Gasteiger partial charge in [0.1, 0.15) is 10.1 Å². The molecule has 1 aliphatic rings. The quantitative estimate of drug-likeness (QED) is 0.342. The summed E-state index contributed by atoms with van der Waals surface area (Å²) in [6.45, 7) is 0.493. The Kier molecular flexibility index (Phi) is 6.98. The van der Waals surface area contributed by atoms with Crippen LogP contribution in [0.1, 0.15) is 30.6 Å². The van der Waals surface area contributed by atoms with Gasteiger partial charge >= 0.3 is 5.97 Å². The van der Waals surface area contributed by atoms with Gasteiger partial charge in [0.05, 0.1) is 4.91 Å². The molecule has 0 radical (unpaired) electrons. The average molecular weight is 436 g/mol. The normalized spacial score (nSPS) is 15.6. The SMILES string of the molecule is O=C(O)CCCCCN1C(=O)C(=Cc2ccc(-c3ccccc3F)s2)SC1=S. The van der Waals surface area contributed by atoms with Gasteiger partial charge in [-0.2, -0.15) is 0 Å². The molecule has 1 aromatic heterocycles. The van der Waals surface area contributed by atoms with Gasteiger partial charge in [0.25, 0.3) is 5.91 Å². The van der Waals surface area contributed by atoms with Gasteiger partial charge in [0.15, 0.2) is 0 Å². The number of halogens is 1. The van der Waals surface area contributed by atoms with Crippen LogP contribution in [-0.2, 0) is 9.59 Å². The number of thioether (sulfide) groups is 1. The number of hydrogen-bond acceptors (Lipinski definition) is 5. The van der Waals surface area contributed by atoms with Crippen molar-refractivity contribution < 1.29 is 19.1 Å². The molecular weight excluding hydrogens is 417 g/mol. The molecule has 3 rings (SSSR count). The molecule has 146 valence electrons. The van der Waals surface area contributed by atoms with Crippen LogP contribution >= 0.6 is 35.3 Å². The molecule has 0 bridgehead atoms. The maximum Gasteiger partial charge on any atom is 0.303 e.